The molecule has 10 heteroatoms. The van der Waals surface area contributed by atoms with Crippen LogP contribution in [0.5, 0.6) is 17.4 Å². The van der Waals surface area contributed by atoms with Gasteiger partial charge < -0.3 is 9.47 Å². The summed E-state index contributed by atoms with van der Waals surface area (Å²) in [5, 5.41) is 7.11. The molecule has 0 radical (unpaired) electrons. The van der Waals surface area contributed by atoms with Crippen LogP contribution in [0.2, 0.25) is 0 Å². The van der Waals surface area contributed by atoms with Crippen molar-refractivity contribution in [3.63, 3.8) is 0 Å². The van der Waals surface area contributed by atoms with E-state index in [-0.39, 0.29) is 22.3 Å². The Hall–Kier alpha value is -3.53. The number of methoxy groups -OCH3 is 1. The number of aromatic nitrogens is 3. The minimum Gasteiger partial charge on any atom is -0.478 e. The highest BCUT2D eigenvalue weighted by Crippen LogP contribution is 2.37. The predicted octanol–water partition coefficient (Wildman–Crippen LogP) is 4.42. The van der Waals surface area contributed by atoms with E-state index in [1.54, 1.807) is 6.07 Å². The van der Waals surface area contributed by atoms with Crippen molar-refractivity contribution in [1.29, 1.82) is 0 Å². The molecule has 0 bridgehead atoms. The van der Waals surface area contributed by atoms with Crippen LogP contribution >= 0.6 is 0 Å². The van der Waals surface area contributed by atoms with Gasteiger partial charge in [-0.15, -0.1) is 0 Å². The lowest BCUT2D eigenvalue weighted by Crippen LogP contribution is -1.99. The fourth-order valence-electron chi connectivity index (χ4n) is 3.08. The highest BCUT2D eigenvalue weighted by Gasteiger charge is 2.19. The van der Waals surface area contributed by atoms with Crippen molar-refractivity contribution in [3.8, 4) is 28.6 Å². The van der Waals surface area contributed by atoms with E-state index in [0.29, 0.717) is 28.4 Å². The van der Waals surface area contributed by atoms with Gasteiger partial charge in [0.05, 0.1) is 17.5 Å². The summed E-state index contributed by atoms with van der Waals surface area (Å²) >= 11 is 0. The van der Waals surface area contributed by atoms with Crippen molar-refractivity contribution in [2.24, 2.45) is 0 Å². The normalized spacial score (nSPS) is 11.6. The minimum absolute atomic E-state index is 0.0517. The summed E-state index contributed by atoms with van der Waals surface area (Å²) < 4.78 is 61.9. The zero-order valence-electron chi connectivity index (χ0n) is 16.7. The molecule has 0 atom stereocenters. The Kier molecular flexibility index (Phi) is 5.10. The molecule has 4 rings (SSSR count). The van der Waals surface area contributed by atoms with Gasteiger partial charge in [-0.05, 0) is 36.8 Å². The van der Waals surface area contributed by atoms with E-state index in [2.05, 4.69) is 15.2 Å². The maximum Gasteiger partial charge on any atom is 0.258 e. The first-order valence-electron chi connectivity index (χ1n) is 9.04. The zero-order valence-corrected chi connectivity index (χ0v) is 17.5. The van der Waals surface area contributed by atoms with Gasteiger partial charge in [0.2, 0.25) is 0 Å². The van der Waals surface area contributed by atoms with Gasteiger partial charge in [-0.25, -0.2) is 22.2 Å². The summed E-state index contributed by atoms with van der Waals surface area (Å²) in [6.45, 7) is 1.83. The third-order valence-electron chi connectivity index (χ3n) is 4.67. The molecule has 2 aromatic heterocycles. The highest BCUT2D eigenvalue weighted by molar-refractivity contribution is 7.90. The molecule has 0 fully saturated rings. The summed E-state index contributed by atoms with van der Waals surface area (Å²) in [5.74, 6) is -1.65. The quantitative estimate of drug-likeness (QED) is 0.489. The molecule has 1 N–H and O–H groups in total. The largest absolute Gasteiger partial charge is 0.478 e. The summed E-state index contributed by atoms with van der Waals surface area (Å²) in [5.41, 5.74) is 2.68. The van der Waals surface area contributed by atoms with E-state index in [1.807, 2.05) is 6.92 Å². The van der Waals surface area contributed by atoms with Gasteiger partial charge in [-0.1, -0.05) is 6.07 Å². The number of sulfone groups is 1. The fraction of sp³-hybridized carbons (Fsp3) is 0.143. The second kappa shape index (κ2) is 7.62. The smallest absolute Gasteiger partial charge is 0.258 e. The summed E-state index contributed by atoms with van der Waals surface area (Å²) in [7, 11) is -2.04. The SMILES string of the molecule is COc1nc2c(-c3cc(S(C)(=O)=O)ccc3C)n[nH]c2cc1Oc1ccc(F)cc1F. The van der Waals surface area contributed by atoms with Crippen LogP contribution in [0.15, 0.2) is 47.4 Å². The first kappa shape index (κ1) is 20.7. The van der Waals surface area contributed by atoms with Crippen molar-refractivity contribution >= 4 is 20.9 Å². The lowest BCUT2D eigenvalue weighted by atomic mass is 10.1. The van der Waals surface area contributed by atoms with Gasteiger partial charge in [0.25, 0.3) is 5.88 Å². The van der Waals surface area contributed by atoms with Crippen LogP contribution in [-0.2, 0) is 9.84 Å². The molecule has 0 aliphatic rings. The van der Waals surface area contributed by atoms with Gasteiger partial charge in [0.1, 0.15) is 17.0 Å². The number of rotatable bonds is 5. The monoisotopic (exact) mass is 445 g/mol. The molecule has 31 heavy (non-hydrogen) atoms. The molecule has 7 nitrogen and oxygen atoms in total. The van der Waals surface area contributed by atoms with Gasteiger partial charge >= 0.3 is 0 Å². The molecule has 2 aromatic carbocycles. The number of nitrogens with one attached hydrogen (secondary N) is 1. The second-order valence-electron chi connectivity index (χ2n) is 6.89. The Morgan fingerprint density at radius 2 is 1.81 bits per heavy atom. The number of fused-ring (bicyclic) bond motifs is 1. The molecule has 0 unspecified atom stereocenters. The number of ether oxygens (including phenoxy) is 2. The van der Waals surface area contributed by atoms with Crippen molar-refractivity contribution in [2.45, 2.75) is 11.8 Å². The maximum absolute atomic E-state index is 14.0. The van der Waals surface area contributed by atoms with Crippen LogP contribution in [0.4, 0.5) is 8.78 Å². The molecular weight excluding hydrogens is 428 g/mol. The van der Waals surface area contributed by atoms with Crippen LogP contribution in [0.25, 0.3) is 22.3 Å². The van der Waals surface area contributed by atoms with Crippen LogP contribution in [0.3, 0.4) is 0 Å². The van der Waals surface area contributed by atoms with E-state index in [0.717, 1.165) is 24.0 Å². The molecular formula is C21H17F2N3O4S. The number of pyridine rings is 1. The number of hydrogen-bond acceptors (Lipinski definition) is 6. The van der Waals surface area contributed by atoms with Gasteiger partial charge in [-0.3, -0.25) is 5.10 Å². The maximum atomic E-state index is 14.0. The Balaban J connectivity index is 1.83. The number of H-pyrrole nitrogens is 1. The lowest BCUT2D eigenvalue weighted by molar-refractivity contribution is 0.358. The van der Waals surface area contributed by atoms with Crippen LogP contribution in [0, 0.1) is 18.6 Å². The van der Waals surface area contributed by atoms with Crippen molar-refractivity contribution in [3.05, 3.63) is 59.7 Å². The molecule has 0 amide bonds. The van der Waals surface area contributed by atoms with Crippen molar-refractivity contribution in [2.75, 3.05) is 13.4 Å². The molecule has 0 aliphatic heterocycles. The predicted molar refractivity (Wildman–Crippen MR) is 110 cm³/mol. The Morgan fingerprint density at radius 3 is 2.48 bits per heavy atom. The number of aromatic amines is 1. The second-order valence-corrected chi connectivity index (χ2v) is 8.91. The Bertz CT molecular complexity index is 1420. The van der Waals surface area contributed by atoms with Crippen molar-refractivity contribution in [1.82, 2.24) is 15.2 Å². The Labute approximate surface area is 176 Å². The first-order chi connectivity index (χ1) is 14.7. The molecule has 0 saturated carbocycles. The molecule has 0 spiro atoms. The summed E-state index contributed by atoms with van der Waals surface area (Å²) in [6, 6.07) is 9.22. The summed E-state index contributed by atoms with van der Waals surface area (Å²) in [6.07, 6.45) is 1.13. The molecule has 0 saturated heterocycles. The zero-order chi connectivity index (χ0) is 22.3. The van der Waals surface area contributed by atoms with Crippen LogP contribution in [-0.4, -0.2) is 37.0 Å². The number of hydrogen-bond donors (Lipinski definition) is 1. The van der Waals surface area contributed by atoms with Gasteiger partial charge in [-0.2, -0.15) is 5.10 Å². The molecule has 0 aliphatic carbocycles. The van der Waals surface area contributed by atoms with E-state index >= 15 is 0 Å². The third kappa shape index (κ3) is 3.93. The molecule has 2 heterocycles. The number of halogens is 2. The number of benzene rings is 2. The third-order valence-corrected chi connectivity index (χ3v) is 5.78. The average molecular weight is 445 g/mol. The molecule has 160 valence electrons. The van der Waals surface area contributed by atoms with Crippen LogP contribution in [0.1, 0.15) is 5.56 Å². The summed E-state index contributed by atoms with van der Waals surface area (Å²) in [4.78, 5) is 4.57. The van der Waals surface area contributed by atoms with E-state index in [9.17, 15) is 17.2 Å². The van der Waals surface area contributed by atoms with Gasteiger partial charge in [0.15, 0.2) is 27.2 Å². The Morgan fingerprint density at radius 1 is 1.03 bits per heavy atom. The average Bonchev–Trinajstić information content (AvgIpc) is 3.11. The minimum atomic E-state index is -3.41. The number of nitrogens with zero attached hydrogens (tertiary/aromatic N) is 2. The topological polar surface area (TPSA) is 94.2 Å². The van der Waals surface area contributed by atoms with Crippen molar-refractivity contribution < 1.29 is 26.7 Å². The highest BCUT2D eigenvalue weighted by atomic mass is 32.2. The van der Waals surface area contributed by atoms with E-state index in [1.165, 1.54) is 25.3 Å². The number of aryl methyl sites for hydroxylation is 1. The molecule has 4 aromatic rings. The van der Waals surface area contributed by atoms with E-state index in [4.69, 9.17) is 9.47 Å². The van der Waals surface area contributed by atoms with Gasteiger partial charge in [0, 0.05) is 24.0 Å². The first-order valence-corrected chi connectivity index (χ1v) is 10.9. The van der Waals surface area contributed by atoms with Crippen LogP contribution < -0.4 is 9.47 Å². The fourth-order valence-corrected chi connectivity index (χ4v) is 3.73. The lowest BCUT2D eigenvalue weighted by Gasteiger charge is -2.11. The van der Waals surface area contributed by atoms with E-state index < -0.39 is 21.5 Å². The standard InChI is InChI=1S/C21H17F2N3O4S/c1-11-4-6-13(31(3,27)28)9-14(11)19-20-16(25-26-19)10-18(21(24-20)29-2)30-17-7-5-12(22)8-15(17)23/h4-10H,1-3H3,(H,25,26).